The summed E-state index contributed by atoms with van der Waals surface area (Å²) in [4.78, 5) is 27.2. The number of anilines is 2. The first-order valence-electron chi connectivity index (χ1n) is 10.1. The molecule has 0 bridgehead atoms. The number of amides is 2. The number of halogens is 2. The van der Waals surface area contributed by atoms with Gasteiger partial charge in [-0.25, -0.2) is 4.39 Å². The highest BCUT2D eigenvalue weighted by molar-refractivity contribution is 8.27. The second-order valence-electron chi connectivity index (χ2n) is 7.34. The van der Waals surface area contributed by atoms with Crippen molar-refractivity contribution in [3.63, 3.8) is 0 Å². The number of carbonyl (C=O) groups is 2. The summed E-state index contributed by atoms with van der Waals surface area (Å²) in [5, 5.41) is 2.51. The molecule has 0 aromatic heterocycles. The molecule has 1 N–H and O–H groups in total. The first kappa shape index (κ1) is 23.9. The molecule has 34 heavy (non-hydrogen) atoms. The van der Waals surface area contributed by atoms with Crippen molar-refractivity contribution in [1.29, 1.82) is 0 Å². The molecule has 1 heterocycles. The van der Waals surface area contributed by atoms with Gasteiger partial charge in [0.05, 0.1) is 15.6 Å². The molecule has 1 fully saturated rings. The largest absolute Gasteiger partial charge is 0.484 e. The number of benzene rings is 3. The lowest BCUT2D eigenvalue weighted by Crippen LogP contribution is -2.28. The molecule has 1 saturated heterocycles. The molecule has 0 spiro atoms. The molecule has 2 amide bonds. The molecular formula is C25H18ClFN2O3S2. The predicted molar refractivity (Wildman–Crippen MR) is 139 cm³/mol. The van der Waals surface area contributed by atoms with Gasteiger partial charge in [0, 0.05) is 5.69 Å². The van der Waals surface area contributed by atoms with E-state index in [2.05, 4.69) is 5.32 Å². The third kappa shape index (κ3) is 5.47. The number of nitrogens with zero attached hydrogens (tertiary/aromatic N) is 1. The number of rotatable bonds is 6. The topological polar surface area (TPSA) is 58.6 Å². The maximum Gasteiger partial charge on any atom is 0.270 e. The summed E-state index contributed by atoms with van der Waals surface area (Å²) >= 11 is 12.4. The lowest BCUT2D eigenvalue weighted by Gasteiger charge is -2.16. The van der Waals surface area contributed by atoms with Gasteiger partial charge < -0.3 is 10.1 Å². The Balaban J connectivity index is 1.42. The Kier molecular flexibility index (Phi) is 7.31. The third-order valence-electron chi connectivity index (χ3n) is 4.88. The molecule has 4 rings (SSSR count). The standard InChI is InChI=1S/C25H18ClFN2O3S2/c1-15-5-2-3-8-21(15)29-24(31)22(34-25(29)33)12-16-6-4-7-18(11-16)32-14-23(30)28-17-9-10-20(27)19(26)13-17/h2-13H,14H2,1H3,(H,28,30)/b22-12-. The van der Waals surface area contributed by atoms with Crippen molar-refractivity contribution in [2.45, 2.75) is 6.92 Å². The van der Waals surface area contributed by atoms with Crippen LogP contribution in [-0.4, -0.2) is 22.7 Å². The van der Waals surface area contributed by atoms with Gasteiger partial charge in [-0.3, -0.25) is 14.5 Å². The number of hydrogen-bond acceptors (Lipinski definition) is 5. The van der Waals surface area contributed by atoms with Crippen molar-refractivity contribution in [3.05, 3.63) is 93.6 Å². The van der Waals surface area contributed by atoms with E-state index in [4.69, 9.17) is 28.6 Å². The Labute approximate surface area is 210 Å². The lowest BCUT2D eigenvalue weighted by molar-refractivity contribution is -0.118. The highest BCUT2D eigenvalue weighted by atomic mass is 35.5. The lowest BCUT2D eigenvalue weighted by atomic mass is 10.1. The van der Waals surface area contributed by atoms with Gasteiger partial charge >= 0.3 is 0 Å². The molecule has 3 aromatic carbocycles. The summed E-state index contributed by atoms with van der Waals surface area (Å²) in [7, 11) is 0. The van der Waals surface area contributed by atoms with Crippen molar-refractivity contribution in [1.82, 2.24) is 0 Å². The van der Waals surface area contributed by atoms with Crippen LogP contribution in [0.25, 0.3) is 6.08 Å². The molecule has 9 heteroatoms. The molecule has 0 saturated carbocycles. The van der Waals surface area contributed by atoms with Gasteiger partial charge in [-0.15, -0.1) is 0 Å². The molecule has 0 unspecified atom stereocenters. The summed E-state index contributed by atoms with van der Waals surface area (Å²) in [5.41, 5.74) is 2.81. The Morgan fingerprint density at radius 2 is 1.97 bits per heavy atom. The van der Waals surface area contributed by atoms with E-state index < -0.39 is 11.7 Å². The highest BCUT2D eigenvalue weighted by Gasteiger charge is 2.33. The van der Waals surface area contributed by atoms with Crippen LogP contribution in [-0.2, 0) is 9.59 Å². The number of ether oxygens (including phenoxy) is 1. The molecule has 5 nitrogen and oxygen atoms in total. The van der Waals surface area contributed by atoms with Crippen LogP contribution in [0, 0.1) is 12.7 Å². The van der Waals surface area contributed by atoms with Crippen LogP contribution in [0.1, 0.15) is 11.1 Å². The van der Waals surface area contributed by atoms with E-state index in [0.29, 0.717) is 20.7 Å². The maximum atomic E-state index is 13.3. The van der Waals surface area contributed by atoms with Crippen molar-refractivity contribution >= 4 is 69.2 Å². The molecular weight excluding hydrogens is 495 g/mol. The van der Waals surface area contributed by atoms with Crippen molar-refractivity contribution in [2.75, 3.05) is 16.8 Å². The number of aryl methyl sites for hydroxylation is 1. The van der Waals surface area contributed by atoms with E-state index in [-0.39, 0.29) is 17.5 Å². The van der Waals surface area contributed by atoms with E-state index in [1.54, 1.807) is 24.3 Å². The number of thiocarbonyl (C=S) groups is 1. The first-order chi connectivity index (χ1) is 16.3. The maximum absolute atomic E-state index is 13.3. The number of hydrogen-bond donors (Lipinski definition) is 1. The minimum Gasteiger partial charge on any atom is -0.484 e. The first-order valence-corrected chi connectivity index (χ1v) is 11.7. The Hall–Kier alpha value is -3.20. The van der Waals surface area contributed by atoms with Crippen molar-refractivity contribution in [2.24, 2.45) is 0 Å². The normalized spacial score (nSPS) is 14.6. The predicted octanol–water partition coefficient (Wildman–Crippen LogP) is 6.21. The molecule has 3 aromatic rings. The van der Waals surface area contributed by atoms with Gasteiger partial charge in [0.15, 0.2) is 10.9 Å². The van der Waals surface area contributed by atoms with Gasteiger partial charge in [0.1, 0.15) is 11.6 Å². The zero-order chi connectivity index (χ0) is 24.2. The van der Waals surface area contributed by atoms with Crippen molar-refractivity contribution in [3.8, 4) is 5.75 Å². The van der Waals surface area contributed by atoms with Crippen LogP contribution in [0.5, 0.6) is 5.75 Å². The zero-order valence-corrected chi connectivity index (χ0v) is 20.3. The van der Waals surface area contributed by atoms with E-state index in [9.17, 15) is 14.0 Å². The minimum absolute atomic E-state index is 0.0840. The smallest absolute Gasteiger partial charge is 0.270 e. The molecule has 0 aliphatic carbocycles. The fraction of sp³-hybridized carbons (Fsp3) is 0.0800. The average molecular weight is 513 g/mol. The molecule has 0 radical (unpaired) electrons. The highest BCUT2D eigenvalue weighted by Crippen LogP contribution is 2.37. The van der Waals surface area contributed by atoms with Crippen LogP contribution in [0.15, 0.2) is 71.6 Å². The fourth-order valence-corrected chi connectivity index (χ4v) is 4.72. The van der Waals surface area contributed by atoms with Gasteiger partial charge in [0.2, 0.25) is 0 Å². The number of carbonyl (C=O) groups excluding carboxylic acids is 2. The number of nitrogens with one attached hydrogen (secondary N) is 1. The van der Waals surface area contributed by atoms with Gasteiger partial charge in [0.25, 0.3) is 11.8 Å². The fourth-order valence-electron chi connectivity index (χ4n) is 3.26. The summed E-state index contributed by atoms with van der Waals surface area (Å²) in [6, 6.07) is 18.5. The van der Waals surface area contributed by atoms with Gasteiger partial charge in [-0.1, -0.05) is 65.9 Å². The van der Waals surface area contributed by atoms with E-state index >= 15 is 0 Å². The second-order valence-corrected chi connectivity index (χ2v) is 9.42. The minimum atomic E-state index is -0.566. The van der Waals surface area contributed by atoms with Crippen LogP contribution in [0.2, 0.25) is 5.02 Å². The summed E-state index contributed by atoms with van der Waals surface area (Å²) in [5.74, 6) is -0.723. The van der Waals surface area contributed by atoms with E-state index in [1.165, 1.54) is 34.9 Å². The van der Waals surface area contributed by atoms with Gasteiger partial charge in [-0.05, 0) is 60.5 Å². The molecule has 172 valence electrons. The summed E-state index contributed by atoms with van der Waals surface area (Å²) < 4.78 is 19.3. The van der Waals surface area contributed by atoms with Crippen LogP contribution in [0.4, 0.5) is 15.8 Å². The Morgan fingerprint density at radius 3 is 2.74 bits per heavy atom. The summed E-state index contributed by atoms with van der Waals surface area (Å²) in [6.07, 6.45) is 1.74. The van der Waals surface area contributed by atoms with Crippen LogP contribution >= 0.6 is 35.6 Å². The Morgan fingerprint density at radius 1 is 1.18 bits per heavy atom. The summed E-state index contributed by atoms with van der Waals surface area (Å²) in [6.45, 7) is 1.67. The van der Waals surface area contributed by atoms with Gasteiger partial charge in [-0.2, -0.15) is 0 Å². The molecule has 0 atom stereocenters. The zero-order valence-electron chi connectivity index (χ0n) is 17.9. The van der Waals surface area contributed by atoms with Crippen molar-refractivity contribution < 1.29 is 18.7 Å². The number of thioether (sulfide) groups is 1. The third-order valence-corrected chi connectivity index (χ3v) is 6.47. The van der Waals surface area contributed by atoms with E-state index in [1.807, 2.05) is 37.3 Å². The SMILES string of the molecule is Cc1ccccc1N1C(=O)/C(=C/c2cccc(OCC(=O)Nc3ccc(F)c(Cl)c3)c2)SC1=S. The molecule has 1 aliphatic rings. The monoisotopic (exact) mass is 512 g/mol. The average Bonchev–Trinajstić information content (AvgIpc) is 3.08. The Bertz CT molecular complexity index is 1330. The van der Waals surface area contributed by atoms with Crippen LogP contribution < -0.4 is 15.0 Å². The quantitative estimate of drug-likeness (QED) is 0.314. The van der Waals surface area contributed by atoms with E-state index in [0.717, 1.165) is 16.8 Å². The van der Waals surface area contributed by atoms with Crippen LogP contribution in [0.3, 0.4) is 0 Å². The second kappa shape index (κ2) is 10.4. The number of para-hydroxylation sites is 1. The molecule has 1 aliphatic heterocycles.